The molecule has 0 saturated heterocycles. The molecule has 17 heavy (non-hydrogen) atoms. The minimum Gasteiger partial charge on any atom is -0.340 e. The number of hydrogen-bond acceptors (Lipinski definition) is 3. The van der Waals surface area contributed by atoms with Gasteiger partial charge >= 0.3 is 0 Å². The molecule has 0 aliphatic carbocycles. The lowest BCUT2D eigenvalue weighted by Gasteiger charge is -2.16. The van der Waals surface area contributed by atoms with E-state index in [0.29, 0.717) is 0 Å². The molecule has 1 aromatic carbocycles. The van der Waals surface area contributed by atoms with Crippen LogP contribution in [0.2, 0.25) is 0 Å². The molecule has 0 aliphatic rings. The van der Waals surface area contributed by atoms with Gasteiger partial charge in [-0.2, -0.15) is 0 Å². The van der Waals surface area contributed by atoms with E-state index in [1.54, 1.807) is 12.4 Å². The van der Waals surface area contributed by atoms with Crippen LogP contribution in [0.15, 0.2) is 41.1 Å². The third-order valence-corrected chi connectivity index (χ3v) is 2.90. The van der Waals surface area contributed by atoms with E-state index in [0.717, 1.165) is 17.0 Å². The van der Waals surface area contributed by atoms with Crippen LogP contribution in [-0.4, -0.2) is 17.0 Å². The minimum atomic E-state index is 0.730. The van der Waals surface area contributed by atoms with Gasteiger partial charge in [-0.15, -0.1) is 0 Å². The van der Waals surface area contributed by atoms with Gasteiger partial charge < -0.3 is 4.90 Å². The molecule has 3 nitrogen and oxygen atoms in total. The predicted molar refractivity (Wildman–Crippen MR) is 73.0 cm³/mol. The molecule has 0 unspecified atom stereocenters. The monoisotopic (exact) mass is 291 g/mol. The van der Waals surface area contributed by atoms with Crippen LogP contribution >= 0.6 is 15.9 Å². The summed E-state index contributed by atoms with van der Waals surface area (Å²) < 4.78 is 0.894. The standard InChI is InChI=1S/C13H14BrN3/c1-10-3-5-11(6-4-10)9-17(2)13-15-7-12(14)8-16-13/h3-8H,9H2,1-2H3. The first-order valence-corrected chi connectivity index (χ1v) is 6.18. The van der Waals surface area contributed by atoms with Crippen LogP contribution in [0.3, 0.4) is 0 Å². The molecular formula is C13H14BrN3. The van der Waals surface area contributed by atoms with E-state index in [4.69, 9.17) is 0 Å². The molecule has 0 atom stereocenters. The minimum absolute atomic E-state index is 0.730. The Bertz CT molecular complexity index is 479. The van der Waals surface area contributed by atoms with E-state index in [2.05, 4.69) is 57.1 Å². The highest BCUT2D eigenvalue weighted by Crippen LogP contribution is 2.12. The highest BCUT2D eigenvalue weighted by Gasteiger charge is 2.04. The van der Waals surface area contributed by atoms with Gasteiger partial charge in [0.25, 0.3) is 0 Å². The summed E-state index contributed by atoms with van der Waals surface area (Å²) in [5.74, 6) is 0.730. The van der Waals surface area contributed by atoms with Crippen molar-refractivity contribution in [1.29, 1.82) is 0 Å². The second kappa shape index (κ2) is 5.27. The molecule has 1 aromatic heterocycles. The summed E-state index contributed by atoms with van der Waals surface area (Å²) >= 11 is 3.33. The summed E-state index contributed by atoms with van der Waals surface area (Å²) in [6, 6.07) is 8.49. The fourth-order valence-corrected chi connectivity index (χ4v) is 1.75. The van der Waals surface area contributed by atoms with Crippen molar-refractivity contribution in [3.05, 3.63) is 52.3 Å². The lowest BCUT2D eigenvalue weighted by Crippen LogP contribution is -2.18. The van der Waals surface area contributed by atoms with Crippen LogP contribution in [0.4, 0.5) is 5.95 Å². The van der Waals surface area contributed by atoms with E-state index in [1.165, 1.54) is 11.1 Å². The molecule has 0 bridgehead atoms. The van der Waals surface area contributed by atoms with Gasteiger partial charge in [0.2, 0.25) is 5.95 Å². The first-order chi connectivity index (χ1) is 8.15. The molecule has 0 aliphatic heterocycles. The summed E-state index contributed by atoms with van der Waals surface area (Å²) in [4.78, 5) is 10.5. The lowest BCUT2D eigenvalue weighted by molar-refractivity contribution is 0.864. The van der Waals surface area contributed by atoms with Crippen molar-refractivity contribution in [2.45, 2.75) is 13.5 Å². The van der Waals surface area contributed by atoms with E-state index < -0.39 is 0 Å². The first kappa shape index (κ1) is 12.0. The van der Waals surface area contributed by atoms with Gasteiger partial charge in [0, 0.05) is 26.0 Å². The van der Waals surface area contributed by atoms with Crippen LogP contribution in [0.5, 0.6) is 0 Å². The topological polar surface area (TPSA) is 29.0 Å². The van der Waals surface area contributed by atoms with E-state index in [1.807, 2.05) is 11.9 Å². The summed E-state index contributed by atoms with van der Waals surface area (Å²) in [6.07, 6.45) is 3.52. The molecule has 0 amide bonds. The van der Waals surface area contributed by atoms with Crippen molar-refractivity contribution >= 4 is 21.9 Å². The molecule has 0 radical (unpaired) electrons. The predicted octanol–water partition coefficient (Wildman–Crippen LogP) is 3.18. The SMILES string of the molecule is Cc1ccc(CN(C)c2ncc(Br)cn2)cc1. The Morgan fingerprint density at radius 3 is 2.29 bits per heavy atom. The van der Waals surface area contributed by atoms with Gasteiger partial charge in [0.15, 0.2) is 0 Å². The van der Waals surface area contributed by atoms with Gasteiger partial charge in [-0.1, -0.05) is 29.8 Å². The average molecular weight is 292 g/mol. The van der Waals surface area contributed by atoms with Gasteiger partial charge in [-0.05, 0) is 28.4 Å². The maximum atomic E-state index is 4.26. The number of hydrogen-bond donors (Lipinski definition) is 0. The normalized spacial score (nSPS) is 10.3. The van der Waals surface area contributed by atoms with Gasteiger partial charge in [-0.25, -0.2) is 9.97 Å². The number of benzene rings is 1. The van der Waals surface area contributed by atoms with Crippen LogP contribution in [0.25, 0.3) is 0 Å². The summed E-state index contributed by atoms with van der Waals surface area (Å²) in [5, 5.41) is 0. The Kier molecular flexibility index (Phi) is 3.74. The van der Waals surface area contributed by atoms with Crippen molar-refractivity contribution in [3.8, 4) is 0 Å². The second-order valence-corrected chi connectivity index (χ2v) is 4.96. The largest absolute Gasteiger partial charge is 0.340 e. The smallest absolute Gasteiger partial charge is 0.225 e. The molecule has 2 rings (SSSR count). The van der Waals surface area contributed by atoms with Crippen LogP contribution in [-0.2, 0) is 6.54 Å². The van der Waals surface area contributed by atoms with Crippen LogP contribution in [0, 0.1) is 6.92 Å². The number of nitrogens with zero attached hydrogens (tertiary/aromatic N) is 3. The van der Waals surface area contributed by atoms with Crippen molar-refractivity contribution in [2.75, 3.05) is 11.9 Å². The van der Waals surface area contributed by atoms with Gasteiger partial charge in [-0.3, -0.25) is 0 Å². The van der Waals surface area contributed by atoms with Crippen molar-refractivity contribution in [3.63, 3.8) is 0 Å². The Morgan fingerprint density at radius 1 is 1.12 bits per heavy atom. The zero-order valence-electron chi connectivity index (χ0n) is 9.89. The molecule has 4 heteroatoms. The summed E-state index contributed by atoms with van der Waals surface area (Å²) in [5.41, 5.74) is 2.53. The number of halogens is 1. The molecule has 1 heterocycles. The quantitative estimate of drug-likeness (QED) is 0.870. The van der Waals surface area contributed by atoms with E-state index >= 15 is 0 Å². The molecule has 0 saturated carbocycles. The first-order valence-electron chi connectivity index (χ1n) is 5.39. The summed E-state index contributed by atoms with van der Waals surface area (Å²) in [7, 11) is 1.99. The van der Waals surface area contributed by atoms with Crippen LogP contribution < -0.4 is 4.90 Å². The average Bonchev–Trinajstić information content (AvgIpc) is 2.33. The maximum Gasteiger partial charge on any atom is 0.225 e. The zero-order chi connectivity index (χ0) is 12.3. The highest BCUT2D eigenvalue weighted by molar-refractivity contribution is 9.10. The number of rotatable bonds is 3. The number of aromatic nitrogens is 2. The van der Waals surface area contributed by atoms with Gasteiger partial charge in [0.05, 0.1) is 4.47 Å². The Labute approximate surface area is 110 Å². The molecular weight excluding hydrogens is 278 g/mol. The molecule has 0 N–H and O–H groups in total. The third-order valence-electron chi connectivity index (χ3n) is 2.49. The van der Waals surface area contributed by atoms with Gasteiger partial charge in [0.1, 0.15) is 0 Å². The van der Waals surface area contributed by atoms with Crippen molar-refractivity contribution in [2.24, 2.45) is 0 Å². The van der Waals surface area contributed by atoms with E-state index in [9.17, 15) is 0 Å². The lowest BCUT2D eigenvalue weighted by atomic mass is 10.1. The summed E-state index contributed by atoms with van der Waals surface area (Å²) in [6.45, 7) is 2.90. The third kappa shape index (κ3) is 3.27. The fraction of sp³-hybridized carbons (Fsp3) is 0.231. The number of anilines is 1. The maximum absolute atomic E-state index is 4.26. The molecule has 2 aromatic rings. The second-order valence-electron chi connectivity index (χ2n) is 4.04. The molecule has 0 spiro atoms. The highest BCUT2D eigenvalue weighted by atomic mass is 79.9. The zero-order valence-corrected chi connectivity index (χ0v) is 11.5. The van der Waals surface area contributed by atoms with Crippen molar-refractivity contribution < 1.29 is 0 Å². The number of aryl methyl sites for hydroxylation is 1. The Hall–Kier alpha value is -1.42. The molecule has 0 fully saturated rings. The van der Waals surface area contributed by atoms with Crippen LogP contribution in [0.1, 0.15) is 11.1 Å². The fourth-order valence-electron chi connectivity index (χ4n) is 1.54. The Morgan fingerprint density at radius 2 is 1.71 bits per heavy atom. The molecule has 88 valence electrons. The Balaban J connectivity index is 2.08. The van der Waals surface area contributed by atoms with Crippen molar-refractivity contribution in [1.82, 2.24) is 9.97 Å². The van der Waals surface area contributed by atoms with E-state index in [-0.39, 0.29) is 0 Å².